The van der Waals surface area contributed by atoms with Gasteiger partial charge in [0.15, 0.2) is 0 Å². The van der Waals surface area contributed by atoms with Gasteiger partial charge in [-0.3, -0.25) is 0 Å². The van der Waals surface area contributed by atoms with Crippen molar-refractivity contribution in [2.45, 2.75) is 136 Å². The van der Waals surface area contributed by atoms with Crippen LogP contribution in [0.2, 0.25) is 0 Å². The lowest BCUT2D eigenvalue weighted by Gasteiger charge is -2.25. The van der Waals surface area contributed by atoms with Crippen LogP contribution in [-0.2, 0) is 0 Å². The zero-order valence-corrected chi connectivity index (χ0v) is 17.2. The third-order valence-electron chi connectivity index (χ3n) is 5.18. The van der Waals surface area contributed by atoms with Gasteiger partial charge >= 0.3 is 0 Å². The van der Waals surface area contributed by atoms with Crippen molar-refractivity contribution in [3.05, 3.63) is 0 Å². The minimum Gasteiger partial charge on any atom is -0.314 e. The first kappa shape index (κ1) is 23.9. The summed E-state index contributed by atoms with van der Waals surface area (Å²) in [6, 6.07) is 0.393. The van der Waals surface area contributed by atoms with Gasteiger partial charge < -0.3 is 5.21 Å². The number of hydroxylamine groups is 2. The van der Waals surface area contributed by atoms with Crippen molar-refractivity contribution >= 4 is 0 Å². The van der Waals surface area contributed by atoms with Gasteiger partial charge in [0.05, 0.1) is 0 Å². The van der Waals surface area contributed by atoms with Crippen LogP contribution in [0.3, 0.4) is 0 Å². The van der Waals surface area contributed by atoms with Gasteiger partial charge in [-0.15, -0.1) is 0 Å². The molecule has 0 saturated heterocycles. The van der Waals surface area contributed by atoms with Gasteiger partial charge in [0.1, 0.15) is 0 Å². The SMILES string of the molecule is CCCCCCCCCCCCCCC(CCC)N(O)CCCC. The molecule has 1 unspecified atom stereocenters. The number of nitrogens with zero attached hydrogens (tertiary/aromatic N) is 1. The Bertz CT molecular complexity index is 232. The maximum absolute atomic E-state index is 10.2. The summed E-state index contributed by atoms with van der Waals surface area (Å²) in [6.45, 7) is 7.55. The van der Waals surface area contributed by atoms with Crippen molar-refractivity contribution in [1.82, 2.24) is 5.06 Å². The standard InChI is InChI=1S/C22H47NO/c1-4-7-9-10-11-12-13-14-15-16-17-18-20-22(19-6-3)23(24)21-8-5-2/h22,24H,4-21H2,1-3H3. The molecule has 2 nitrogen and oxygen atoms in total. The van der Waals surface area contributed by atoms with E-state index < -0.39 is 0 Å². The van der Waals surface area contributed by atoms with E-state index in [4.69, 9.17) is 0 Å². The molecule has 0 aliphatic heterocycles. The van der Waals surface area contributed by atoms with Crippen molar-refractivity contribution in [1.29, 1.82) is 0 Å². The predicted molar refractivity (Wildman–Crippen MR) is 108 cm³/mol. The Morgan fingerprint density at radius 2 is 1.00 bits per heavy atom. The molecule has 0 heterocycles. The molecule has 0 amide bonds. The molecule has 0 spiro atoms. The van der Waals surface area contributed by atoms with Crippen LogP contribution in [0.4, 0.5) is 0 Å². The summed E-state index contributed by atoms with van der Waals surface area (Å²) in [4.78, 5) is 0. The second kappa shape index (κ2) is 19.2. The smallest absolute Gasteiger partial charge is 0.0350 e. The molecule has 1 N–H and O–H groups in total. The molecule has 0 aliphatic rings. The summed E-state index contributed by atoms with van der Waals surface area (Å²) in [5, 5.41) is 11.8. The van der Waals surface area contributed by atoms with Crippen molar-refractivity contribution < 1.29 is 5.21 Å². The lowest BCUT2D eigenvalue weighted by molar-refractivity contribution is -0.131. The third kappa shape index (κ3) is 15.4. The molecule has 2 heteroatoms. The van der Waals surface area contributed by atoms with E-state index in [2.05, 4.69) is 20.8 Å². The fraction of sp³-hybridized carbons (Fsp3) is 1.00. The average molecular weight is 342 g/mol. The van der Waals surface area contributed by atoms with Gasteiger partial charge in [-0.1, -0.05) is 111 Å². The van der Waals surface area contributed by atoms with Crippen LogP contribution in [-0.4, -0.2) is 22.9 Å². The van der Waals surface area contributed by atoms with Crippen LogP contribution in [0.1, 0.15) is 130 Å². The maximum Gasteiger partial charge on any atom is 0.0350 e. The second-order valence-electron chi connectivity index (χ2n) is 7.64. The predicted octanol–water partition coefficient (Wildman–Crippen LogP) is 7.74. The van der Waals surface area contributed by atoms with Gasteiger partial charge in [0.25, 0.3) is 0 Å². The molecule has 0 rings (SSSR count). The van der Waals surface area contributed by atoms with Gasteiger partial charge in [-0.05, 0) is 19.3 Å². The Hall–Kier alpha value is -0.0800. The van der Waals surface area contributed by atoms with Crippen LogP contribution in [0.15, 0.2) is 0 Å². The van der Waals surface area contributed by atoms with E-state index >= 15 is 0 Å². The van der Waals surface area contributed by atoms with E-state index in [9.17, 15) is 5.21 Å². The van der Waals surface area contributed by atoms with E-state index in [1.165, 1.54) is 89.9 Å². The molecule has 0 aromatic rings. The Kier molecular flexibility index (Phi) is 19.2. The first-order chi connectivity index (χ1) is 11.8. The van der Waals surface area contributed by atoms with Crippen molar-refractivity contribution in [2.75, 3.05) is 6.54 Å². The summed E-state index contributed by atoms with van der Waals surface area (Å²) in [5.74, 6) is 0. The highest BCUT2D eigenvalue weighted by Gasteiger charge is 2.14. The van der Waals surface area contributed by atoms with E-state index in [-0.39, 0.29) is 0 Å². The highest BCUT2D eigenvalue weighted by Crippen LogP contribution is 2.16. The van der Waals surface area contributed by atoms with Crippen molar-refractivity contribution in [3.8, 4) is 0 Å². The highest BCUT2D eigenvalue weighted by atomic mass is 16.5. The number of rotatable bonds is 19. The summed E-state index contributed by atoms with van der Waals surface area (Å²) in [6.07, 6.45) is 22.6. The summed E-state index contributed by atoms with van der Waals surface area (Å²) < 4.78 is 0. The zero-order chi connectivity index (χ0) is 17.9. The second-order valence-corrected chi connectivity index (χ2v) is 7.64. The topological polar surface area (TPSA) is 23.5 Å². The fourth-order valence-electron chi connectivity index (χ4n) is 3.50. The number of hydrogen-bond donors (Lipinski definition) is 1. The van der Waals surface area contributed by atoms with Gasteiger partial charge in [-0.2, -0.15) is 5.06 Å². The van der Waals surface area contributed by atoms with E-state index in [0.717, 1.165) is 25.8 Å². The van der Waals surface area contributed by atoms with Crippen LogP contribution in [0.25, 0.3) is 0 Å². The first-order valence-electron chi connectivity index (χ1n) is 11.2. The maximum atomic E-state index is 10.2. The molecular formula is C22H47NO. The average Bonchev–Trinajstić information content (AvgIpc) is 2.59. The monoisotopic (exact) mass is 341 g/mol. The minimum atomic E-state index is 0.393. The van der Waals surface area contributed by atoms with E-state index in [1.54, 1.807) is 5.06 Å². The molecule has 0 aromatic carbocycles. The quantitative estimate of drug-likeness (QED) is 0.192. The number of hydrogen-bond acceptors (Lipinski definition) is 2. The summed E-state index contributed by atoms with van der Waals surface area (Å²) >= 11 is 0. The third-order valence-corrected chi connectivity index (χ3v) is 5.18. The van der Waals surface area contributed by atoms with Gasteiger partial charge in [0, 0.05) is 12.6 Å². The molecule has 0 fully saturated rings. The largest absolute Gasteiger partial charge is 0.314 e. The van der Waals surface area contributed by atoms with Crippen molar-refractivity contribution in [3.63, 3.8) is 0 Å². The van der Waals surface area contributed by atoms with Crippen molar-refractivity contribution in [2.24, 2.45) is 0 Å². The Morgan fingerprint density at radius 3 is 1.46 bits per heavy atom. The van der Waals surface area contributed by atoms with Gasteiger partial charge in [-0.25, -0.2) is 0 Å². The Morgan fingerprint density at radius 1 is 0.542 bits per heavy atom. The Labute approximate surface area is 153 Å². The molecule has 0 aromatic heterocycles. The van der Waals surface area contributed by atoms with Crippen LogP contribution < -0.4 is 0 Å². The van der Waals surface area contributed by atoms with E-state index in [1.807, 2.05) is 0 Å². The minimum absolute atomic E-state index is 0.393. The Balaban J connectivity index is 3.45. The first-order valence-corrected chi connectivity index (χ1v) is 11.2. The molecule has 146 valence electrons. The molecule has 0 saturated carbocycles. The summed E-state index contributed by atoms with van der Waals surface area (Å²) in [7, 11) is 0. The highest BCUT2D eigenvalue weighted by molar-refractivity contribution is 4.65. The molecule has 24 heavy (non-hydrogen) atoms. The zero-order valence-electron chi connectivity index (χ0n) is 17.2. The molecule has 0 bridgehead atoms. The number of unbranched alkanes of at least 4 members (excludes halogenated alkanes) is 12. The van der Waals surface area contributed by atoms with Crippen LogP contribution in [0.5, 0.6) is 0 Å². The van der Waals surface area contributed by atoms with E-state index in [0.29, 0.717) is 6.04 Å². The molecule has 1 atom stereocenters. The lowest BCUT2D eigenvalue weighted by Crippen LogP contribution is -2.33. The normalized spacial score (nSPS) is 12.9. The fourth-order valence-corrected chi connectivity index (χ4v) is 3.50. The van der Waals surface area contributed by atoms with Gasteiger partial charge in [0.2, 0.25) is 0 Å². The molecule has 0 aliphatic carbocycles. The van der Waals surface area contributed by atoms with Crippen LogP contribution >= 0.6 is 0 Å². The van der Waals surface area contributed by atoms with Crippen LogP contribution in [0, 0.1) is 0 Å². The molecular weight excluding hydrogens is 294 g/mol. The summed E-state index contributed by atoms with van der Waals surface area (Å²) in [5.41, 5.74) is 0. The molecule has 0 radical (unpaired) electrons. The lowest BCUT2D eigenvalue weighted by atomic mass is 10.0.